The van der Waals surface area contributed by atoms with E-state index in [0.29, 0.717) is 0 Å². The Labute approximate surface area is 114 Å². The molecule has 0 N–H and O–H groups in total. The first-order valence-electron chi connectivity index (χ1n) is 5.68. The van der Waals surface area contributed by atoms with E-state index in [1.165, 1.54) is 37.3 Å². The molecule has 0 atom stereocenters. The first kappa shape index (κ1) is 15.8. The van der Waals surface area contributed by atoms with Crippen molar-refractivity contribution in [2.24, 2.45) is 0 Å². The van der Waals surface area contributed by atoms with Crippen molar-refractivity contribution in [1.29, 1.82) is 0 Å². The third kappa shape index (κ3) is 4.15. The largest absolute Gasteiger partial charge is 0.514 e. The molecule has 0 aliphatic heterocycles. The zero-order chi connectivity index (χ0) is 15.2. The number of ether oxygens (including phenoxy) is 2. The molecule has 0 saturated heterocycles. The Bertz CT molecular complexity index is 519. The summed E-state index contributed by atoms with van der Waals surface area (Å²) < 4.78 is 48.0. The fourth-order valence-corrected chi connectivity index (χ4v) is 1.46. The second kappa shape index (κ2) is 6.79. The lowest BCUT2D eigenvalue weighted by Crippen LogP contribution is -2.12. The molecule has 0 heterocycles. The van der Waals surface area contributed by atoms with Crippen molar-refractivity contribution in [3.63, 3.8) is 0 Å². The van der Waals surface area contributed by atoms with Gasteiger partial charge in [0.25, 0.3) is 0 Å². The molecule has 0 spiro atoms. The first-order valence-corrected chi connectivity index (χ1v) is 5.68. The van der Waals surface area contributed by atoms with E-state index in [1.807, 2.05) is 0 Å². The molecule has 20 heavy (non-hydrogen) atoms. The van der Waals surface area contributed by atoms with Crippen LogP contribution in [0.3, 0.4) is 0 Å². The summed E-state index contributed by atoms with van der Waals surface area (Å²) in [6.07, 6.45) is -3.05. The lowest BCUT2D eigenvalue weighted by Gasteiger charge is -2.14. The Morgan fingerprint density at radius 2 is 2.00 bits per heavy atom. The number of hydrogen-bond acceptors (Lipinski definition) is 3. The van der Waals surface area contributed by atoms with Crippen molar-refractivity contribution in [3.8, 4) is 0 Å². The number of carbonyl (C=O) groups is 1. The Morgan fingerprint density at radius 1 is 1.35 bits per heavy atom. The third-order valence-corrected chi connectivity index (χ3v) is 2.27. The van der Waals surface area contributed by atoms with Crippen molar-refractivity contribution in [1.82, 2.24) is 0 Å². The molecule has 0 aromatic heterocycles. The molecule has 1 rings (SSSR count). The summed E-state index contributed by atoms with van der Waals surface area (Å²) in [5.74, 6) is -0.216. The molecule has 0 aliphatic carbocycles. The molecule has 0 amide bonds. The van der Waals surface area contributed by atoms with Gasteiger partial charge in [-0.05, 0) is 19.1 Å². The number of carbonyl (C=O) groups excluding carboxylic acids is 1. The summed E-state index contributed by atoms with van der Waals surface area (Å²) in [5.41, 5.74) is -1.11. The molecule has 0 fully saturated rings. The van der Waals surface area contributed by atoms with Gasteiger partial charge in [-0.1, -0.05) is 30.9 Å². The maximum Gasteiger partial charge on any atom is 0.514 e. The summed E-state index contributed by atoms with van der Waals surface area (Å²) >= 11 is 0. The zero-order valence-electron chi connectivity index (χ0n) is 10.7. The highest BCUT2D eigenvalue weighted by atomic mass is 19.4. The Balaban J connectivity index is 3.03. The van der Waals surface area contributed by atoms with Crippen LogP contribution < -0.4 is 0 Å². The van der Waals surface area contributed by atoms with Crippen molar-refractivity contribution in [2.45, 2.75) is 13.1 Å². The highest BCUT2D eigenvalue weighted by molar-refractivity contribution is 5.74. The molecule has 0 bridgehead atoms. The Morgan fingerprint density at radius 3 is 2.55 bits per heavy atom. The number of rotatable bonds is 4. The molecular formula is C14H13F3O3. The van der Waals surface area contributed by atoms with Gasteiger partial charge in [0.05, 0.1) is 5.56 Å². The monoisotopic (exact) mass is 286 g/mol. The average molecular weight is 286 g/mol. The van der Waals surface area contributed by atoms with E-state index in [0.717, 1.165) is 6.07 Å². The number of allylic oxidation sites excluding steroid dienone is 1. The molecule has 3 nitrogen and oxygen atoms in total. The van der Waals surface area contributed by atoms with Gasteiger partial charge in [0.1, 0.15) is 12.4 Å². The van der Waals surface area contributed by atoms with E-state index in [-0.39, 0.29) is 17.9 Å². The second-order valence-electron chi connectivity index (χ2n) is 3.65. The van der Waals surface area contributed by atoms with E-state index in [4.69, 9.17) is 4.74 Å². The quantitative estimate of drug-likeness (QED) is 0.467. The van der Waals surface area contributed by atoms with Crippen LogP contribution in [0.1, 0.15) is 18.1 Å². The van der Waals surface area contributed by atoms with E-state index >= 15 is 0 Å². The van der Waals surface area contributed by atoms with Crippen molar-refractivity contribution >= 4 is 11.9 Å². The number of halogens is 3. The number of alkyl halides is 3. The second-order valence-corrected chi connectivity index (χ2v) is 3.65. The van der Waals surface area contributed by atoms with Crippen molar-refractivity contribution in [3.05, 3.63) is 54.1 Å². The summed E-state index contributed by atoms with van der Waals surface area (Å²) in [4.78, 5) is 11.3. The molecule has 1 aromatic rings. The predicted octanol–water partition coefficient (Wildman–Crippen LogP) is 4.41. The first-order chi connectivity index (χ1) is 9.40. The SMILES string of the molecule is C=CCOC(=O)O/C(=C\C)c1ccccc1C(F)(F)F. The van der Waals surface area contributed by atoms with E-state index in [2.05, 4.69) is 11.3 Å². The van der Waals surface area contributed by atoms with Crippen LogP contribution in [0.2, 0.25) is 0 Å². The van der Waals surface area contributed by atoms with Crippen LogP contribution in [-0.4, -0.2) is 12.8 Å². The van der Waals surface area contributed by atoms with Gasteiger partial charge in [0.2, 0.25) is 0 Å². The minimum atomic E-state index is -4.54. The zero-order valence-corrected chi connectivity index (χ0v) is 10.7. The van der Waals surface area contributed by atoms with E-state index in [1.54, 1.807) is 0 Å². The van der Waals surface area contributed by atoms with Crippen LogP contribution in [0.4, 0.5) is 18.0 Å². The maximum absolute atomic E-state index is 12.9. The molecule has 108 valence electrons. The van der Waals surface area contributed by atoms with Gasteiger partial charge >= 0.3 is 12.3 Å². The van der Waals surface area contributed by atoms with E-state index in [9.17, 15) is 18.0 Å². The summed E-state index contributed by atoms with van der Waals surface area (Å²) in [6.45, 7) is 4.72. The van der Waals surface area contributed by atoms with Crippen LogP contribution in [0.5, 0.6) is 0 Å². The van der Waals surface area contributed by atoms with Crippen molar-refractivity contribution < 1.29 is 27.4 Å². The van der Waals surface area contributed by atoms with Crippen LogP contribution in [0.25, 0.3) is 5.76 Å². The standard InChI is InChI=1S/C14H13F3O3/c1-3-9-19-13(18)20-12(4-2)10-7-5-6-8-11(10)14(15,16)17/h3-8H,1,9H2,2H3/b12-4-. The van der Waals surface area contributed by atoms with Gasteiger partial charge in [-0.25, -0.2) is 4.79 Å². The molecule has 0 unspecified atom stereocenters. The molecule has 0 aliphatic rings. The van der Waals surface area contributed by atoms with Crippen LogP contribution in [-0.2, 0) is 15.7 Å². The molecular weight excluding hydrogens is 273 g/mol. The summed E-state index contributed by atoms with van der Waals surface area (Å²) in [5, 5.41) is 0. The minimum absolute atomic E-state index is 0.0866. The maximum atomic E-state index is 12.9. The average Bonchev–Trinajstić information content (AvgIpc) is 2.41. The van der Waals surface area contributed by atoms with Gasteiger partial charge in [0.15, 0.2) is 0 Å². The number of hydrogen-bond donors (Lipinski definition) is 0. The lowest BCUT2D eigenvalue weighted by atomic mass is 10.1. The van der Waals surface area contributed by atoms with Crippen LogP contribution in [0, 0.1) is 0 Å². The van der Waals surface area contributed by atoms with Crippen molar-refractivity contribution in [2.75, 3.05) is 6.61 Å². The number of benzene rings is 1. The fraction of sp³-hybridized carbons (Fsp3) is 0.214. The normalized spacial score (nSPS) is 11.9. The molecule has 0 saturated carbocycles. The topological polar surface area (TPSA) is 35.5 Å². The lowest BCUT2D eigenvalue weighted by molar-refractivity contribution is -0.137. The highest BCUT2D eigenvalue weighted by Gasteiger charge is 2.34. The molecule has 0 radical (unpaired) electrons. The van der Waals surface area contributed by atoms with Gasteiger partial charge in [-0.3, -0.25) is 0 Å². The minimum Gasteiger partial charge on any atom is -0.430 e. The summed E-state index contributed by atoms with van der Waals surface area (Å²) in [7, 11) is 0. The summed E-state index contributed by atoms with van der Waals surface area (Å²) in [6, 6.07) is 4.82. The van der Waals surface area contributed by atoms with E-state index < -0.39 is 17.9 Å². The molecule has 1 aromatic carbocycles. The van der Waals surface area contributed by atoms with Crippen LogP contribution in [0.15, 0.2) is 43.0 Å². The third-order valence-electron chi connectivity index (χ3n) is 2.27. The van der Waals surface area contributed by atoms with Gasteiger partial charge < -0.3 is 9.47 Å². The van der Waals surface area contributed by atoms with Crippen LogP contribution >= 0.6 is 0 Å². The smallest absolute Gasteiger partial charge is 0.430 e. The Hall–Kier alpha value is -2.24. The Kier molecular flexibility index (Phi) is 5.37. The highest BCUT2D eigenvalue weighted by Crippen LogP contribution is 2.35. The van der Waals surface area contributed by atoms with Gasteiger partial charge in [0, 0.05) is 5.56 Å². The fourth-order valence-electron chi connectivity index (χ4n) is 1.46. The van der Waals surface area contributed by atoms with Gasteiger partial charge in [-0.2, -0.15) is 13.2 Å². The predicted molar refractivity (Wildman–Crippen MR) is 67.7 cm³/mol. The molecule has 6 heteroatoms. The van der Waals surface area contributed by atoms with Gasteiger partial charge in [-0.15, -0.1) is 0 Å².